The molecule has 0 amide bonds. The molecule has 1 aliphatic rings. The molecule has 2 aromatic heterocycles. The van der Waals surface area contributed by atoms with E-state index in [1.807, 2.05) is 35.6 Å². The minimum atomic E-state index is -0.133. The molecule has 0 fully saturated rings. The average Bonchev–Trinajstić information content (AvgIpc) is 3.62. The summed E-state index contributed by atoms with van der Waals surface area (Å²) in [5.74, 6) is 1.87. The van der Waals surface area contributed by atoms with E-state index in [1.165, 1.54) is 42.4 Å². The van der Waals surface area contributed by atoms with Crippen molar-refractivity contribution in [2.24, 2.45) is 0 Å². The van der Waals surface area contributed by atoms with Gasteiger partial charge >= 0.3 is 0 Å². The van der Waals surface area contributed by atoms with Crippen molar-refractivity contribution in [3.63, 3.8) is 0 Å². The first kappa shape index (κ1) is 27.6. The summed E-state index contributed by atoms with van der Waals surface area (Å²) in [7, 11) is 0. The quantitative estimate of drug-likeness (QED) is 0.191. The highest BCUT2D eigenvalue weighted by atomic mass is 32.1. The first-order valence-corrected chi connectivity index (χ1v) is 16.7. The molecular weight excluding hydrogens is 593 g/mol. The SMILES string of the molecule is CC1(C)c2ccccc2-c2c(-c3nc(-c4ccccc4)nc(N(c4ccccc4)c4cccc5sc6ccccc6c45)n3)cccc21. The summed E-state index contributed by atoms with van der Waals surface area (Å²) >= 11 is 1.81. The maximum atomic E-state index is 5.36. The lowest BCUT2D eigenvalue weighted by molar-refractivity contribution is 0.660. The molecule has 0 saturated carbocycles. The average molecular weight is 623 g/mol. The van der Waals surface area contributed by atoms with Crippen molar-refractivity contribution in [3.05, 3.63) is 157 Å². The van der Waals surface area contributed by atoms with Gasteiger partial charge in [0.2, 0.25) is 5.95 Å². The number of hydrogen-bond donors (Lipinski definition) is 0. The van der Waals surface area contributed by atoms with Gasteiger partial charge in [-0.1, -0.05) is 129 Å². The summed E-state index contributed by atoms with van der Waals surface area (Å²) in [5, 5.41) is 2.41. The Morgan fingerprint density at radius 3 is 2.02 bits per heavy atom. The van der Waals surface area contributed by atoms with Crippen LogP contribution in [0.15, 0.2) is 146 Å². The Kier molecular flexibility index (Phi) is 6.30. The number of nitrogens with zero attached hydrogens (tertiary/aromatic N) is 4. The van der Waals surface area contributed by atoms with E-state index in [2.05, 4.69) is 140 Å². The molecule has 0 radical (unpaired) electrons. The third kappa shape index (κ3) is 4.38. The molecule has 4 nitrogen and oxygen atoms in total. The summed E-state index contributed by atoms with van der Waals surface area (Å²) < 4.78 is 2.48. The van der Waals surface area contributed by atoms with Gasteiger partial charge in [0.1, 0.15) is 0 Å². The van der Waals surface area contributed by atoms with Crippen molar-refractivity contribution in [1.29, 1.82) is 0 Å². The van der Waals surface area contributed by atoms with Crippen LogP contribution < -0.4 is 4.90 Å². The van der Waals surface area contributed by atoms with Gasteiger partial charge in [0.15, 0.2) is 11.6 Å². The molecule has 0 spiro atoms. The van der Waals surface area contributed by atoms with E-state index in [0.29, 0.717) is 17.6 Å². The van der Waals surface area contributed by atoms with Crippen LogP contribution in [0.4, 0.5) is 17.3 Å². The zero-order valence-corrected chi connectivity index (χ0v) is 26.9. The predicted octanol–water partition coefficient (Wildman–Crippen LogP) is 11.3. The molecule has 0 bridgehead atoms. The third-order valence-corrected chi connectivity index (χ3v) is 10.5. The first-order valence-electron chi connectivity index (χ1n) is 15.9. The maximum Gasteiger partial charge on any atom is 0.238 e. The van der Waals surface area contributed by atoms with E-state index in [-0.39, 0.29) is 5.41 Å². The number of aromatic nitrogens is 3. The summed E-state index contributed by atoms with van der Waals surface area (Å²) in [6.07, 6.45) is 0. The fourth-order valence-corrected chi connectivity index (χ4v) is 8.25. The van der Waals surface area contributed by atoms with Crippen LogP contribution in [-0.4, -0.2) is 15.0 Å². The molecule has 0 N–H and O–H groups in total. The third-order valence-electron chi connectivity index (χ3n) is 9.34. The Morgan fingerprint density at radius 1 is 0.532 bits per heavy atom. The van der Waals surface area contributed by atoms with Crippen LogP contribution in [0.2, 0.25) is 0 Å². The van der Waals surface area contributed by atoms with Gasteiger partial charge in [0.25, 0.3) is 0 Å². The normalized spacial score (nSPS) is 13.1. The molecule has 224 valence electrons. The summed E-state index contributed by atoms with van der Waals surface area (Å²) in [4.78, 5) is 18.0. The number of rotatable bonds is 5. The van der Waals surface area contributed by atoms with Crippen molar-refractivity contribution in [2.45, 2.75) is 19.3 Å². The van der Waals surface area contributed by atoms with Gasteiger partial charge in [0, 0.05) is 42.4 Å². The molecule has 0 unspecified atom stereocenters. The second-order valence-corrected chi connectivity index (χ2v) is 13.6. The van der Waals surface area contributed by atoms with Crippen LogP contribution in [0.3, 0.4) is 0 Å². The number of benzene rings is 6. The summed E-state index contributed by atoms with van der Waals surface area (Å²) in [6, 6.07) is 51.1. The van der Waals surface area contributed by atoms with E-state index in [4.69, 9.17) is 15.0 Å². The Bertz CT molecular complexity index is 2450. The van der Waals surface area contributed by atoms with Gasteiger partial charge in [-0.15, -0.1) is 11.3 Å². The smallest absolute Gasteiger partial charge is 0.238 e. The highest BCUT2D eigenvalue weighted by molar-refractivity contribution is 7.26. The molecule has 9 rings (SSSR count). The van der Waals surface area contributed by atoms with Crippen molar-refractivity contribution in [1.82, 2.24) is 15.0 Å². The Balaban J connectivity index is 1.35. The van der Waals surface area contributed by atoms with Gasteiger partial charge in [-0.05, 0) is 52.6 Å². The summed E-state index contributed by atoms with van der Waals surface area (Å²) in [6.45, 7) is 4.61. The molecule has 2 heterocycles. The highest BCUT2D eigenvalue weighted by Gasteiger charge is 2.37. The van der Waals surface area contributed by atoms with Crippen molar-refractivity contribution < 1.29 is 0 Å². The lowest BCUT2D eigenvalue weighted by Gasteiger charge is -2.25. The number of hydrogen-bond acceptors (Lipinski definition) is 5. The van der Waals surface area contributed by atoms with E-state index < -0.39 is 0 Å². The standard InChI is InChI=1S/C42H30N4S/c1-42(2)32-22-11-9-19-29(32)37-31(21-13-23-33(37)42)40-43-39(27-15-5-3-6-16-27)44-41(45-40)46(28-17-7-4-8-18-28)34-24-14-26-36-38(34)30-20-10-12-25-35(30)47-36/h3-26H,1-2H3. The van der Waals surface area contributed by atoms with Crippen molar-refractivity contribution in [3.8, 4) is 33.9 Å². The predicted molar refractivity (Wildman–Crippen MR) is 196 cm³/mol. The van der Waals surface area contributed by atoms with Gasteiger partial charge in [-0.25, -0.2) is 4.98 Å². The molecular formula is C42H30N4S. The molecule has 0 saturated heterocycles. The molecule has 0 aliphatic heterocycles. The zero-order valence-electron chi connectivity index (χ0n) is 26.1. The van der Waals surface area contributed by atoms with Crippen molar-refractivity contribution in [2.75, 3.05) is 4.90 Å². The van der Waals surface area contributed by atoms with Crippen LogP contribution >= 0.6 is 11.3 Å². The van der Waals surface area contributed by atoms with Crippen LogP contribution in [-0.2, 0) is 5.41 Å². The zero-order chi connectivity index (χ0) is 31.5. The van der Waals surface area contributed by atoms with Gasteiger partial charge < -0.3 is 0 Å². The number of anilines is 3. The Labute approximate surface area is 277 Å². The number of fused-ring (bicyclic) bond motifs is 6. The maximum absolute atomic E-state index is 5.36. The number of thiophene rings is 1. The van der Waals surface area contributed by atoms with Crippen LogP contribution in [0.1, 0.15) is 25.0 Å². The van der Waals surface area contributed by atoms with E-state index >= 15 is 0 Å². The lowest BCUT2D eigenvalue weighted by Crippen LogP contribution is -2.16. The van der Waals surface area contributed by atoms with Crippen molar-refractivity contribution >= 4 is 48.8 Å². The molecule has 5 heteroatoms. The van der Waals surface area contributed by atoms with Crippen LogP contribution in [0.5, 0.6) is 0 Å². The monoisotopic (exact) mass is 622 g/mol. The van der Waals surface area contributed by atoms with Gasteiger partial charge in [-0.2, -0.15) is 9.97 Å². The van der Waals surface area contributed by atoms with Crippen LogP contribution in [0.25, 0.3) is 54.1 Å². The topological polar surface area (TPSA) is 41.9 Å². The van der Waals surface area contributed by atoms with E-state index in [1.54, 1.807) is 0 Å². The molecule has 47 heavy (non-hydrogen) atoms. The Hall–Kier alpha value is -5.65. The van der Waals surface area contributed by atoms with Gasteiger partial charge in [0.05, 0.1) is 5.69 Å². The molecule has 1 aliphatic carbocycles. The second kappa shape index (κ2) is 10.7. The highest BCUT2D eigenvalue weighted by Crippen LogP contribution is 2.52. The summed E-state index contributed by atoms with van der Waals surface area (Å²) in [5.41, 5.74) is 8.87. The largest absolute Gasteiger partial charge is 0.278 e. The molecule has 6 aromatic carbocycles. The minimum Gasteiger partial charge on any atom is -0.278 e. The van der Waals surface area contributed by atoms with E-state index in [9.17, 15) is 0 Å². The number of para-hydroxylation sites is 1. The van der Waals surface area contributed by atoms with E-state index in [0.717, 1.165) is 22.5 Å². The molecule has 8 aromatic rings. The minimum absolute atomic E-state index is 0.133. The second-order valence-electron chi connectivity index (χ2n) is 12.5. The van der Waals surface area contributed by atoms with Gasteiger partial charge in [-0.3, -0.25) is 4.90 Å². The fourth-order valence-electron chi connectivity index (χ4n) is 7.12. The van der Waals surface area contributed by atoms with Crippen LogP contribution in [0, 0.1) is 0 Å². The fraction of sp³-hybridized carbons (Fsp3) is 0.0714. The Morgan fingerprint density at radius 2 is 1.17 bits per heavy atom. The lowest BCUT2D eigenvalue weighted by atomic mass is 9.82. The molecule has 0 atom stereocenters. The first-order chi connectivity index (χ1) is 23.1.